The van der Waals surface area contributed by atoms with Crippen LogP contribution in [0.15, 0.2) is 75.7 Å². The van der Waals surface area contributed by atoms with Gasteiger partial charge in [-0.3, -0.25) is 0 Å². The molecule has 1 atom stereocenters. The molecule has 2 aromatic heterocycles. The number of benzene rings is 2. The number of thiazole rings is 1. The maximum absolute atomic E-state index is 11.4. The Hall–Kier alpha value is -2.17. The van der Waals surface area contributed by atoms with Crippen LogP contribution in [0.1, 0.15) is 11.1 Å². The predicted molar refractivity (Wildman–Crippen MR) is 115 cm³/mol. The molecule has 4 aromatic rings. The van der Waals surface area contributed by atoms with Crippen LogP contribution in [-0.2, 0) is 21.6 Å². The zero-order chi connectivity index (χ0) is 18.8. The predicted octanol–water partition coefficient (Wildman–Crippen LogP) is 4.10. The largest absolute Gasteiger partial charge is 0.870 e. The molecule has 0 fully saturated rings. The molecule has 4 rings (SSSR count). The van der Waals surface area contributed by atoms with Crippen molar-refractivity contribution in [1.29, 1.82) is 0 Å². The lowest BCUT2D eigenvalue weighted by molar-refractivity contribution is 0.596. The summed E-state index contributed by atoms with van der Waals surface area (Å²) in [6.45, 7) is 0. The summed E-state index contributed by atoms with van der Waals surface area (Å²) in [6.07, 6.45) is 2.73. The van der Waals surface area contributed by atoms with Crippen LogP contribution >= 0.6 is 27.3 Å². The Morgan fingerprint density at radius 1 is 1.11 bits per heavy atom. The van der Waals surface area contributed by atoms with Crippen molar-refractivity contribution in [3.05, 3.63) is 81.9 Å². The average Bonchev–Trinajstić information content (AvgIpc) is 3.29. The molecular formula is C19H17BrN4O2S2. The Bertz CT molecular complexity index is 1090. The van der Waals surface area contributed by atoms with Crippen LogP contribution < -0.4 is 5.14 Å². The minimum Gasteiger partial charge on any atom is -0.870 e. The monoisotopic (exact) mass is 476 g/mol. The zero-order valence-electron chi connectivity index (χ0n) is 14.6. The first-order valence-electron chi connectivity index (χ1n) is 8.16. The Kier molecular flexibility index (Phi) is 6.53. The summed E-state index contributed by atoms with van der Waals surface area (Å²) < 4.78 is 14.0. The minimum atomic E-state index is -1.81. The average molecular weight is 477 g/mol. The maximum Gasteiger partial charge on any atom is 0.211 e. The normalized spacial score (nSPS) is 11.8. The maximum atomic E-state index is 11.4. The molecule has 9 heteroatoms. The number of nitrogens with two attached hydrogens (primary N) is 1. The molecule has 3 N–H and O–H groups in total. The van der Waals surface area contributed by atoms with Gasteiger partial charge in [-0.1, -0.05) is 46.7 Å². The fraction of sp³-hybridized carbons (Fsp3) is 0.0526. The fourth-order valence-corrected chi connectivity index (χ4v) is 4.42. The second-order valence-electron chi connectivity index (χ2n) is 5.94. The molecule has 0 amide bonds. The summed E-state index contributed by atoms with van der Waals surface area (Å²) in [5.74, 6) is 0. The second kappa shape index (κ2) is 8.89. The zero-order valence-corrected chi connectivity index (χ0v) is 17.9. The molecular weight excluding hydrogens is 460 g/mol. The molecule has 0 aliphatic heterocycles. The van der Waals surface area contributed by atoms with E-state index in [1.54, 1.807) is 0 Å². The highest BCUT2D eigenvalue weighted by Crippen LogP contribution is 2.27. The van der Waals surface area contributed by atoms with Crippen molar-refractivity contribution in [1.82, 2.24) is 14.8 Å². The number of aromatic nitrogens is 3. The number of nitrogens with zero attached hydrogens (tertiary/aromatic N) is 3. The molecule has 0 radical (unpaired) electrons. The lowest BCUT2D eigenvalue weighted by Gasteiger charge is -2.03. The number of rotatable bonds is 5. The molecule has 0 saturated carbocycles. The standard InChI is InChI=1S/C19H15BrN4OS2.H2O/c20-17-12-26-19(22-17)24-11-15(18(23-24)14-4-2-1-3-5-14)10-13-6-8-16(9-7-13)27(21)25;/h1-9,11-12H,10H2,(H2,21,25);1H2. The number of halogens is 1. The van der Waals surface area contributed by atoms with Crippen LogP contribution in [0.3, 0.4) is 0 Å². The van der Waals surface area contributed by atoms with Crippen molar-refractivity contribution >= 4 is 38.3 Å². The van der Waals surface area contributed by atoms with Crippen LogP contribution in [0.2, 0.25) is 0 Å². The fourth-order valence-electron chi connectivity index (χ4n) is 2.81. The molecule has 6 nitrogen and oxygen atoms in total. The topological polar surface area (TPSA) is 104 Å². The molecule has 1 unspecified atom stereocenters. The summed E-state index contributed by atoms with van der Waals surface area (Å²) in [4.78, 5) is 5.11. The summed E-state index contributed by atoms with van der Waals surface area (Å²) in [5.41, 5.74) is 4.18. The summed E-state index contributed by atoms with van der Waals surface area (Å²) >= 11 is 4.92. The van der Waals surface area contributed by atoms with E-state index >= 15 is 0 Å². The molecule has 28 heavy (non-hydrogen) atoms. The van der Waals surface area contributed by atoms with E-state index < -0.39 is 11.0 Å². The van der Waals surface area contributed by atoms with E-state index in [9.17, 15) is 4.21 Å². The highest BCUT2D eigenvalue weighted by Gasteiger charge is 2.15. The molecule has 0 bridgehead atoms. The quantitative estimate of drug-likeness (QED) is 0.345. The van der Waals surface area contributed by atoms with E-state index in [0.717, 1.165) is 32.1 Å². The first kappa shape index (κ1) is 20.6. The Labute approximate surface area is 177 Å². The van der Waals surface area contributed by atoms with Gasteiger partial charge >= 0.3 is 0 Å². The molecule has 2 aromatic carbocycles. The molecule has 0 aliphatic rings. The van der Waals surface area contributed by atoms with Gasteiger partial charge < -0.3 is 5.48 Å². The van der Waals surface area contributed by atoms with Gasteiger partial charge in [-0.05, 0) is 33.6 Å². The van der Waals surface area contributed by atoms with Gasteiger partial charge in [-0.15, -0.1) is 16.5 Å². The van der Waals surface area contributed by atoms with Gasteiger partial charge in [-0.2, -0.15) is 5.10 Å². The number of hydrogen-bond acceptors (Lipinski definition) is 5. The van der Waals surface area contributed by atoms with E-state index in [1.807, 2.05) is 58.7 Å². The third-order valence-corrected chi connectivity index (χ3v) is 6.43. The van der Waals surface area contributed by atoms with Gasteiger partial charge in [0.25, 0.3) is 0 Å². The van der Waals surface area contributed by atoms with Gasteiger partial charge in [0, 0.05) is 29.1 Å². The van der Waals surface area contributed by atoms with E-state index in [1.165, 1.54) is 11.3 Å². The SMILES string of the molecule is N[SH+](=O)c1ccc(Cc2cn(-c3nc(Br)cs3)nc2-c2ccccc2)cc1.[OH-]. The van der Waals surface area contributed by atoms with E-state index in [0.29, 0.717) is 11.3 Å². The molecule has 0 aliphatic carbocycles. The highest BCUT2D eigenvalue weighted by molar-refractivity contribution is 9.10. The highest BCUT2D eigenvalue weighted by atomic mass is 79.9. The number of hydrogen-bond donors (Lipinski definition) is 1. The number of thiol groups is 1. The third kappa shape index (κ3) is 4.45. The smallest absolute Gasteiger partial charge is 0.211 e. The Morgan fingerprint density at radius 2 is 1.82 bits per heavy atom. The lowest BCUT2D eigenvalue weighted by Crippen LogP contribution is -2.01. The van der Waals surface area contributed by atoms with Crippen LogP contribution in [0.25, 0.3) is 16.4 Å². The summed E-state index contributed by atoms with van der Waals surface area (Å²) in [6, 6.07) is 17.7. The summed E-state index contributed by atoms with van der Waals surface area (Å²) in [7, 11) is -1.81. The van der Waals surface area contributed by atoms with Crippen molar-refractivity contribution in [3.63, 3.8) is 0 Å². The van der Waals surface area contributed by atoms with Gasteiger partial charge in [0.15, 0.2) is 15.9 Å². The minimum absolute atomic E-state index is 0. The Balaban J connectivity index is 0.00000225. The first-order chi connectivity index (χ1) is 13.1. The van der Waals surface area contributed by atoms with E-state index in [2.05, 4.69) is 33.0 Å². The summed E-state index contributed by atoms with van der Waals surface area (Å²) in [5, 5.41) is 13.0. The lowest BCUT2D eigenvalue weighted by atomic mass is 10.0. The second-order valence-corrected chi connectivity index (χ2v) is 8.75. The van der Waals surface area contributed by atoms with Crippen molar-refractivity contribution < 1.29 is 9.69 Å². The van der Waals surface area contributed by atoms with Crippen molar-refractivity contribution in [2.75, 3.05) is 0 Å². The van der Waals surface area contributed by atoms with E-state index in [4.69, 9.17) is 10.2 Å². The third-order valence-electron chi connectivity index (χ3n) is 4.08. The van der Waals surface area contributed by atoms with Gasteiger partial charge in [0.2, 0.25) is 5.13 Å². The molecule has 144 valence electrons. The van der Waals surface area contributed by atoms with Crippen molar-refractivity contribution in [3.8, 4) is 16.4 Å². The van der Waals surface area contributed by atoms with Gasteiger partial charge in [0.05, 0.1) is 5.69 Å². The van der Waals surface area contributed by atoms with E-state index in [-0.39, 0.29) is 5.48 Å². The van der Waals surface area contributed by atoms with Gasteiger partial charge in [0.1, 0.15) is 4.60 Å². The van der Waals surface area contributed by atoms with Crippen molar-refractivity contribution in [2.45, 2.75) is 11.3 Å². The van der Waals surface area contributed by atoms with Crippen molar-refractivity contribution in [2.24, 2.45) is 5.14 Å². The van der Waals surface area contributed by atoms with Gasteiger partial charge in [-0.25, -0.2) is 9.67 Å². The molecule has 0 saturated heterocycles. The van der Waals surface area contributed by atoms with Crippen LogP contribution in [-0.4, -0.2) is 20.2 Å². The van der Waals surface area contributed by atoms with Crippen LogP contribution in [0.5, 0.6) is 0 Å². The molecule has 0 spiro atoms. The van der Waals surface area contributed by atoms with Crippen LogP contribution in [0.4, 0.5) is 0 Å². The first-order valence-corrected chi connectivity index (χ1v) is 11.2. The Morgan fingerprint density at radius 3 is 2.43 bits per heavy atom. The molecule has 2 heterocycles. The van der Waals surface area contributed by atoms with Crippen LogP contribution in [0, 0.1) is 0 Å².